The van der Waals surface area contributed by atoms with Gasteiger partial charge in [0.15, 0.2) is 0 Å². The van der Waals surface area contributed by atoms with Crippen molar-refractivity contribution in [3.05, 3.63) is 33.9 Å². The molecule has 1 aromatic rings. The van der Waals surface area contributed by atoms with Gasteiger partial charge in [0, 0.05) is 25.2 Å². The van der Waals surface area contributed by atoms with E-state index >= 15 is 0 Å². The minimum atomic E-state index is -0.612. The number of hydrogen-bond acceptors (Lipinski definition) is 6. The number of nitro groups is 1. The molecule has 8 nitrogen and oxygen atoms in total. The third-order valence-electron chi connectivity index (χ3n) is 2.65. The summed E-state index contributed by atoms with van der Waals surface area (Å²) in [6.45, 7) is -0.511. The molecule has 1 rings (SSSR count). The second kappa shape index (κ2) is 7.41. The van der Waals surface area contributed by atoms with Gasteiger partial charge in [0.05, 0.1) is 30.8 Å². The zero-order valence-electron chi connectivity index (χ0n) is 11.0. The summed E-state index contributed by atoms with van der Waals surface area (Å²) in [5.74, 6) is -0.352. The van der Waals surface area contributed by atoms with Gasteiger partial charge >= 0.3 is 0 Å². The van der Waals surface area contributed by atoms with Crippen molar-refractivity contribution in [2.45, 2.75) is 0 Å². The second-order valence-corrected chi connectivity index (χ2v) is 3.88. The first-order valence-electron chi connectivity index (χ1n) is 5.88. The molecule has 0 atom stereocenters. The fraction of sp³-hybridized carbons (Fsp3) is 0.417. The molecule has 20 heavy (non-hydrogen) atoms. The van der Waals surface area contributed by atoms with Crippen molar-refractivity contribution in [2.24, 2.45) is 0 Å². The number of benzene rings is 1. The Morgan fingerprint density at radius 1 is 1.35 bits per heavy atom. The molecule has 0 aliphatic carbocycles. The van der Waals surface area contributed by atoms with Crippen molar-refractivity contribution in [1.82, 2.24) is 4.90 Å². The zero-order valence-corrected chi connectivity index (χ0v) is 11.0. The Balaban J connectivity index is 3.16. The van der Waals surface area contributed by atoms with Gasteiger partial charge in [-0.3, -0.25) is 14.9 Å². The fourth-order valence-corrected chi connectivity index (χ4v) is 1.70. The van der Waals surface area contributed by atoms with Crippen LogP contribution in [-0.2, 0) is 0 Å². The number of nitro benzene ring substituents is 1. The van der Waals surface area contributed by atoms with Gasteiger partial charge in [-0.05, 0) is 6.07 Å². The van der Waals surface area contributed by atoms with E-state index in [-0.39, 0.29) is 43.3 Å². The molecule has 0 radical (unpaired) electrons. The van der Waals surface area contributed by atoms with Gasteiger partial charge in [-0.25, -0.2) is 0 Å². The second-order valence-electron chi connectivity index (χ2n) is 3.88. The molecule has 0 aliphatic heterocycles. The molecule has 110 valence electrons. The van der Waals surface area contributed by atoms with Crippen LogP contribution < -0.4 is 4.74 Å². The first-order valence-corrected chi connectivity index (χ1v) is 5.88. The van der Waals surface area contributed by atoms with Crippen LogP contribution in [0.15, 0.2) is 18.2 Å². The standard InChI is InChI=1S/C12H16N2O6/c1-20-11-3-2-9(14(18)19)8-10(11)12(17)13(4-6-15)5-7-16/h2-3,8,15-16H,4-7H2,1H3. The zero-order chi connectivity index (χ0) is 15.1. The number of ether oxygens (including phenoxy) is 1. The Morgan fingerprint density at radius 2 is 1.95 bits per heavy atom. The summed E-state index contributed by atoms with van der Waals surface area (Å²) in [6, 6.07) is 3.68. The monoisotopic (exact) mass is 284 g/mol. The minimum absolute atomic E-state index is 0.0172. The van der Waals surface area contributed by atoms with Crippen LogP contribution in [0.25, 0.3) is 0 Å². The summed E-state index contributed by atoms with van der Waals surface area (Å²) in [5, 5.41) is 28.6. The minimum Gasteiger partial charge on any atom is -0.496 e. The van der Waals surface area contributed by atoms with E-state index in [1.807, 2.05) is 0 Å². The summed E-state index contributed by atoms with van der Waals surface area (Å²) < 4.78 is 5.01. The van der Waals surface area contributed by atoms with E-state index in [4.69, 9.17) is 14.9 Å². The van der Waals surface area contributed by atoms with E-state index in [0.717, 1.165) is 6.07 Å². The predicted octanol–water partition coefficient (Wildman–Crippen LogP) is 0.0302. The molecule has 0 spiro atoms. The number of aliphatic hydroxyl groups is 2. The molecular formula is C12H16N2O6. The van der Waals surface area contributed by atoms with Crippen LogP contribution in [0.3, 0.4) is 0 Å². The molecule has 0 bridgehead atoms. The highest BCUT2D eigenvalue weighted by Crippen LogP contribution is 2.25. The molecule has 0 fully saturated rings. The lowest BCUT2D eigenvalue weighted by Gasteiger charge is -2.21. The normalized spacial score (nSPS) is 10.2. The van der Waals surface area contributed by atoms with Gasteiger partial charge < -0.3 is 19.8 Å². The molecule has 8 heteroatoms. The SMILES string of the molecule is COc1ccc([N+](=O)[O-])cc1C(=O)N(CCO)CCO. The maximum Gasteiger partial charge on any atom is 0.270 e. The number of amides is 1. The highest BCUT2D eigenvalue weighted by Gasteiger charge is 2.22. The number of carbonyl (C=O) groups excluding carboxylic acids is 1. The fourth-order valence-electron chi connectivity index (χ4n) is 1.70. The van der Waals surface area contributed by atoms with Gasteiger partial charge in [-0.2, -0.15) is 0 Å². The number of rotatable bonds is 7. The Labute approximate surface area is 115 Å². The van der Waals surface area contributed by atoms with Gasteiger partial charge in [-0.1, -0.05) is 0 Å². The summed E-state index contributed by atoms with van der Waals surface area (Å²) in [6.07, 6.45) is 0. The Bertz CT molecular complexity index is 485. The van der Waals surface area contributed by atoms with Crippen LogP contribution in [0.1, 0.15) is 10.4 Å². The largest absolute Gasteiger partial charge is 0.496 e. The molecule has 0 heterocycles. The van der Waals surface area contributed by atoms with Crippen molar-refractivity contribution in [2.75, 3.05) is 33.4 Å². The molecule has 0 saturated carbocycles. The lowest BCUT2D eigenvalue weighted by atomic mass is 10.1. The molecule has 1 amide bonds. The number of non-ortho nitro benzene ring substituents is 1. The molecule has 2 N–H and O–H groups in total. The molecule has 1 aromatic carbocycles. The highest BCUT2D eigenvalue weighted by atomic mass is 16.6. The quantitative estimate of drug-likeness (QED) is 0.539. The number of methoxy groups -OCH3 is 1. The molecule has 0 saturated heterocycles. The summed E-state index contributed by atoms with van der Waals surface area (Å²) in [4.78, 5) is 23.6. The van der Waals surface area contributed by atoms with Crippen LogP contribution in [0, 0.1) is 10.1 Å². The Hall–Kier alpha value is -2.19. The lowest BCUT2D eigenvalue weighted by molar-refractivity contribution is -0.384. The van der Waals surface area contributed by atoms with E-state index in [1.54, 1.807) is 0 Å². The molecular weight excluding hydrogens is 268 g/mol. The molecule has 0 unspecified atom stereocenters. The Morgan fingerprint density at radius 3 is 2.40 bits per heavy atom. The highest BCUT2D eigenvalue weighted by molar-refractivity contribution is 5.97. The van der Waals surface area contributed by atoms with E-state index in [1.165, 1.54) is 24.1 Å². The smallest absolute Gasteiger partial charge is 0.270 e. The lowest BCUT2D eigenvalue weighted by Crippen LogP contribution is -2.36. The first-order chi connectivity index (χ1) is 9.54. The van der Waals surface area contributed by atoms with E-state index in [0.29, 0.717) is 0 Å². The van der Waals surface area contributed by atoms with E-state index < -0.39 is 10.8 Å². The van der Waals surface area contributed by atoms with Gasteiger partial charge in [0.2, 0.25) is 0 Å². The Kier molecular flexibility index (Phi) is 5.88. The summed E-state index contributed by atoms with van der Waals surface area (Å²) >= 11 is 0. The maximum absolute atomic E-state index is 12.3. The average molecular weight is 284 g/mol. The molecule has 0 aliphatic rings. The van der Waals surface area contributed by atoms with Crippen molar-refractivity contribution >= 4 is 11.6 Å². The number of hydrogen-bond donors (Lipinski definition) is 2. The molecule has 0 aromatic heterocycles. The van der Waals surface area contributed by atoms with E-state index in [9.17, 15) is 14.9 Å². The van der Waals surface area contributed by atoms with Crippen molar-refractivity contribution in [1.29, 1.82) is 0 Å². The average Bonchev–Trinajstić information content (AvgIpc) is 2.45. The first kappa shape index (κ1) is 15.9. The topological polar surface area (TPSA) is 113 Å². The summed E-state index contributed by atoms with van der Waals surface area (Å²) in [7, 11) is 1.35. The third kappa shape index (κ3) is 3.65. The van der Waals surface area contributed by atoms with Crippen molar-refractivity contribution in [3.63, 3.8) is 0 Å². The van der Waals surface area contributed by atoms with Crippen molar-refractivity contribution < 1.29 is 24.7 Å². The van der Waals surface area contributed by atoms with E-state index in [2.05, 4.69) is 0 Å². The maximum atomic E-state index is 12.3. The summed E-state index contributed by atoms with van der Waals surface area (Å²) in [5.41, 5.74) is -0.217. The van der Waals surface area contributed by atoms with Crippen LogP contribution >= 0.6 is 0 Å². The van der Waals surface area contributed by atoms with Gasteiger partial charge in [0.25, 0.3) is 11.6 Å². The van der Waals surface area contributed by atoms with Gasteiger partial charge in [-0.15, -0.1) is 0 Å². The third-order valence-corrected chi connectivity index (χ3v) is 2.65. The van der Waals surface area contributed by atoms with Crippen LogP contribution in [0.4, 0.5) is 5.69 Å². The predicted molar refractivity (Wildman–Crippen MR) is 69.7 cm³/mol. The van der Waals surface area contributed by atoms with Crippen LogP contribution in [-0.4, -0.2) is 59.4 Å². The van der Waals surface area contributed by atoms with Crippen LogP contribution in [0.5, 0.6) is 5.75 Å². The number of aliphatic hydroxyl groups excluding tert-OH is 2. The van der Waals surface area contributed by atoms with Crippen LogP contribution in [0.2, 0.25) is 0 Å². The van der Waals surface area contributed by atoms with Gasteiger partial charge in [0.1, 0.15) is 5.75 Å². The number of nitrogens with zero attached hydrogens (tertiary/aromatic N) is 2. The number of carbonyl (C=O) groups is 1. The van der Waals surface area contributed by atoms with Crippen molar-refractivity contribution in [3.8, 4) is 5.75 Å².